The number of likely N-dealkylation sites (tertiary alicyclic amines) is 1. The number of nitrogens with zero attached hydrogens (tertiary/aromatic N) is 1. The minimum absolute atomic E-state index is 0.0458. The van der Waals surface area contributed by atoms with Gasteiger partial charge in [-0.3, -0.25) is 9.59 Å². The van der Waals surface area contributed by atoms with E-state index in [0.29, 0.717) is 60.5 Å². The average molecular weight is 409 g/mol. The first-order valence-electron chi connectivity index (χ1n) is 9.83. The van der Waals surface area contributed by atoms with E-state index in [0.717, 1.165) is 0 Å². The van der Waals surface area contributed by atoms with Crippen LogP contribution < -0.4 is 9.47 Å². The fourth-order valence-electron chi connectivity index (χ4n) is 4.08. The van der Waals surface area contributed by atoms with Crippen molar-refractivity contribution in [3.05, 3.63) is 59.2 Å². The van der Waals surface area contributed by atoms with E-state index in [9.17, 15) is 14.4 Å². The number of benzene rings is 2. The van der Waals surface area contributed by atoms with E-state index < -0.39 is 11.6 Å². The van der Waals surface area contributed by atoms with Crippen LogP contribution in [0.1, 0.15) is 50.3 Å². The molecule has 30 heavy (non-hydrogen) atoms. The first-order valence-corrected chi connectivity index (χ1v) is 9.83. The molecule has 4 rings (SSSR count). The summed E-state index contributed by atoms with van der Waals surface area (Å²) in [5.41, 5.74) is 0.730. The molecule has 2 heterocycles. The van der Waals surface area contributed by atoms with Crippen molar-refractivity contribution in [3.8, 4) is 11.5 Å². The lowest BCUT2D eigenvalue weighted by Gasteiger charge is -2.44. The number of carbonyl (C=O) groups excluding carboxylic acids is 3. The second kappa shape index (κ2) is 7.82. The van der Waals surface area contributed by atoms with Crippen LogP contribution in [0.4, 0.5) is 0 Å². The van der Waals surface area contributed by atoms with Crippen molar-refractivity contribution in [1.82, 2.24) is 4.90 Å². The minimum atomic E-state index is -0.610. The Balaban J connectivity index is 1.48. The van der Waals surface area contributed by atoms with E-state index in [1.807, 2.05) is 0 Å². The Bertz CT molecular complexity index is 1010. The molecular weight excluding hydrogens is 386 g/mol. The van der Waals surface area contributed by atoms with E-state index in [-0.39, 0.29) is 11.7 Å². The number of fused-ring (bicyclic) bond motifs is 1. The van der Waals surface area contributed by atoms with Crippen LogP contribution in [-0.2, 0) is 4.74 Å². The Morgan fingerprint density at radius 2 is 1.77 bits per heavy atom. The highest BCUT2D eigenvalue weighted by Crippen LogP contribution is 2.40. The molecule has 2 aromatic carbocycles. The topological polar surface area (TPSA) is 82.1 Å². The molecule has 0 atom stereocenters. The molecule has 0 aliphatic carbocycles. The number of rotatable bonds is 3. The third-order valence-electron chi connectivity index (χ3n) is 5.79. The molecule has 0 unspecified atom stereocenters. The molecule has 0 bridgehead atoms. The third kappa shape index (κ3) is 3.63. The SMILES string of the molecule is COC(=O)c1cccc(C(=O)N2CCC3(CC2)CC(=O)c2ccc(OC)cc2O3)c1. The minimum Gasteiger partial charge on any atom is -0.497 e. The summed E-state index contributed by atoms with van der Waals surface area (Å²) in [6, 6.07) is 11.7. The maximum atomic E-state index is 12.9. The van der Waals surface area contributed by atoms with Crippen LogP contribution in [0.2, 0.25) is 0 Å². The lowest BCUT2D eigenvalue weighted by Crippen LogP contribution is -2.52. The second-order valence-corrected chi connectivity index (χ2v) is 7.61. The number of esters is 1. The molecule has 0 saturated carbocycles. The van der Waals surface area contributed by atoms with Crippen molar-refractivity contribution in [1.29, 1.82) is 0 Å². The molecule has 0 N–H and O–H groups in total. The van der Waals surface area contributed by atoms with Gasteiger partial charge in [0.25, 0.3) is 5.91 Å². The van der Waals surface area contributed by atoms with E-state index in [1.54, 1.807) is 54.5 Å². The summed E-state index contributed by atoms with van der Waals surface area (Å²) in [5, 5.41) is 0. The Morgan fingerprint density at radius 1 is 1.03 bits per heavy atom. The summed E-state index contributed by atoms with van der Waals surface area (Å²) >= 11 is 0. The van der Waals surface area contributed by atoms with Crippen molar-refractivity contribution in [2.75, 3.05) is 27.3 Å². The molecule has 0 radical (unpaired) electrons. The maximum Gasteiger partial charge on any atom is 0.337 e. The largest absolute Gasteiger partial charge is 0.497 e. The first kappa shape index (κ1) is 19.9. The molecule has 7 nitrogen and oxygen atoms in total. The zero-order chi connectivity index (χ0) is 21.3. The number of amides is 1. The van der Waals surface area contributed by atoms with Gasteiger partial charge in [-0.15, -0.1) is 0 Å². The van der Waals surface area contributed by atoms with Gasteiger partial charge in [-0.2, -0.15) is 0 Å². The molecule has 2 aromatic rings. The van der Waals surface area contributed by atoms with Crippen LogP contribution in [-0.4, -0.2) is 55.5 Å². The second-order valence-electron chi connectivity index (χ2n) is 7.61. The maximum absolute atomic E-state index is 12.9. The number of methoxy groups -OCH3 is 2. The number of hydrogen-bond acceptors (Lipinski definition) is 6. The molecular formula is C23H23NO6. The van der Waals surface area contributed by atoms with Crippen LogP contribution in [0, 0.1) is 0 Å². The predicted octanol–water partition coefficient (Wildman–Crippen LogP) is 3.12. The van der Waals surface area contributed by atoms with Gasteiger partial charge < -0.3 is 19.1 Å². The molecule has 0 aromatic heterocycles. The van der Waals surface area contributed by atoms with Gasteiger partial charge in [0.05, 0.1) is 31.8 Å². The average Bonchev–Trinajstić information content (AvgIpc) is 2.78. The Kier molecular flexibility index (Phi) is 5.20. The van der Waals surface area contributed by atoms with Crippen molar-refractivity contribution < 1.29 is 28.6 Å². The zero-order valence-corrected chi connectivity index (χ0v) is 17.0. The summed E-state index contributed by atoms with van der Waals surface area (Å²) in [7, 11) is 2.88. The number of ketones is 1. The summed E-state index contributed by atoms with van der Waals surface area (Å²) in [4.78, 5) is 39.1. The lowest BCUT2D eigenvalue weighted by atomic mass is 9.82. The van der Waals surface area contributed by atoms with Crippen molar-refractivity contribution >= 4 is 17.7 Å². The van der Waals surface area contributed by atoms with Gasteiger partial charge in [-0.1, -0.05) is 6.07 Å². The molecule has 1 spiro atoms. The van der Waals surface area contributed by atoms with Crippen LogP contribution in [0.3, 0.4) is 0 Å². The van der Waals surface area contributed by atoms with Crippen molar-refractivity contribution in [3.63, 3.8) is 0 Å². The van der Waals surface area contributed by atoms with Gasteiger partial charge >= 0.3 is 5.97 Å². The van der Waals surface area contributed by atoms with Gasteiger partial charge in [-0.05, 0) is 30.3 Å². The van der Waals surface area contributed by atoms with Crippen molar-refractivity contribution in [2.45, 2.75) is 24.9 Å². The highest BCUT2D eigenvalue weighted by atomic mass is 16.5. The Morgan fingerprint density at radius 3 is 2.47 bits per heavy atom. The summed E-state index contributed by atoms with van der Waals surface area (Å²) < 4.78 is 16.2. The molecule has 2 aliphatic heterocycles. The number of carbonyl (C=O) groups is 3. The smallest absolute Gasteiger partial charge is 0.337 e. The molecule has 1 saturated heterocycles. The first-order chi connectivity index (χ1) is 14.4. The van der Waals surface area contributed by atoms with Crippen LogP contribution in [0.15, 0.2) is 42.5 Å². The van der Waals surface area contributed by atoms with E-state index in [1.165, 1.54) is 7.11 Å². The zero-order valence-electron chi connectivity index (χ0n) is 17.0. The highest BCUT2D eigenvalue weighted by Gasteiger charge is 2.43. The molecule has 156 valence electrons. The van der Waals surface area contributed by atoms with Gasteiger partial charge in [0.1, 0.15) is 17.1 Å². The Hall–Kier alpha value is -3.35. The van der Waals surface area contributed by atoms with Crippen LogP contribution in [0.5, 0.6) is 11.5 Å². The van der Waals surface area contributed by atoms with Crippen LogP contribution in [0.25, 0.3) is 0 Å². The monoisotopic (exact) mass is 409 g/mol. The number of Topliss-reactive ketones (excluding diaryl/α,β-unsaturated/α-hetero) is 1. The fourth-order valence-corrected chi connectivity index (χ4v) is 4.08. The summed E-state index contributed by atoms with van der Waals surface area (Å²) in [6.45, 7) is 0.932. The molecule has 1 amide bonds. The van der Waals surface area contributed by atoms with Gasteiger partial charge in [0, 0.05) is 37.6 Å². The third-order valence-corrected chi connectivity index (χ3v) is 5.79. The van der Waals surface area contributed by atoms with Crippen molar-refractivity contribution in [2.24, 2.45) is 0 Å². The number of ether oxygens (including phenoxy) is 3. The van der Waals surface area contributed by atoms with Crippen LogP contribution >= 0.6 is 0 Å². The van der Waals surface area contributed by atoms with E-state index >= 15 is 0 Å². The van der Waals surface area contributed by atoms with E-state index in [2.05, 4.69) is 0 Å². The number of piperidine rings is 1. The number of hydrogen-bond donors (Lipinski definition) is 0. The van der Waals surface area contributed by atoms with Gasteiger partial charge in [0.15, 0.2) is 5.78 Å². The summed E-state index contributed by atoms with van der Waals surface area (Å²) in [6.07, 6.45) is 1.40. The molecule has 2 aliphatic rings. The lowest BCUT2D eigenvalue weighted by molar-refractivity contribution is -0.00581. The molecule has 7 heteroatoms. The highest BCUT2D eigenvalue weighted by molar-refractivity contribution is 6.01. The standard InChI is InChI=1S/C23H23NO6/c1-28-17-6-7-18-19(25)14-23(30-20(18)13-17)8-10-24(11-9-23)21(26)15-4-3-5-16(12-15)22(27)29-2/h3-7,12-13H,8-11,14H2,1-2H3. The van der Waals surface area contributed by atoms with Gasteiger partial charge in [-0.25, -0.2) is 4.79 Å². The molecule has 1 fully saturated rings. The summed E-state index contributed by atoms with van der Waals surface area (Å²) in [5.74, 6) is 0.586. The normalized spacial score (nSPS) is 17.1. The predicted molar refractivity (Wildman–Crippen MR) is 108 cm³/mol. The quantitative estimate of drug-likeness (QED) is 0.725. The Labute approximate surface area is 174 Å². The van der Waals surface area contributed by atoms with E-state index in [4.69, 9.17) is 14.2 Å². The fraction of sp³-hybridized carbons (Fsp3) is 0.348. The van der Waals surface area contributed by atoms with Gasteiger partial charge in [0.2, 0.25) is 0 Å².